The molecule has 5 nitrogen and oxygen atoms in total. The Bertz CT molecular complexity index is 1210. The number of benzene rings is 3. The van der Waals surface area contributed by atoms with Gasteiger partial charge in [0.15, 0.2) is 0 Å². The van der Waals surface area contributed by atoms with Crippen LogP contribution in [0.3, 0.4) is 0 Å². The number of nitrogens with one attached hydrogen (secondary N) is 1. The fourth-order valence-corrected chi connectivity index (χ4v) is 3.74. The Labute approximate surface area is 188 Å². The number of methoxy groups -OCH3 is 1. The zero-order chi connectivity index (χ0) is 22.8. The van der Waals surface area contributed by atoms with Crippen molar-refractivity contribution in [2.24, 2.45) is 0 Å². The van der Waals surface area contributed by atoms with E-state index >= 15 is 0 Å². The molecule has 0 spiro atoms. The molecule has 3 aromatic rings. The monoisotopic (exact) mass is 426 g/mol. The van der Waals surface area contributed by atoms with Gasteiger partial charge in [-0.2, -0.15) is 0 Å². The van der Waals surface area contributed by atoms with E-state index in [1.165, 1.54) is 10.5 Å². The lowest BCUT2D eigenvalue weighted by Crippen LogP contribution is -2.32. The minimum atomic E-state index is -0.382. The standard InChI is InChI=1S/C27H26N2O3/c1-5-19-7-10-21(11-8-19)28-25-24(20-9-6-17(2)18(3)16-20)26(30)29(27(25)31)22-12-14-23(32-4)15-13-22/h6-16,28H,5H2,1-4H3. The molecule has 0 radical (unpaired) electrons. The van der Waals surface area contributed by atoms with Gasteiger partial charge in [0.05, 0.1) is 18.4 Å². The summed E-state index contributed by atoms with van der Waals surface area (Å²) in [6.45, 7) is 6.11. The molecule has 0 aromatic heterocycles. The molecular weight excluding hydrogens is 400 g/mol. The van der Waals surface area contributed by atoms with Gasteiger partial charge in [0.25, 0.3) is 11.8 Å². The molecule has 0 aliphatic carbocycles. The molecule has 2 amide bonds. The van der Waals surface area contributed by atoms with Gasteiger partial charge in [0, 0.05) is 5.69 Å². The van der Waals surface area contributed by atoms with Gasteiger partial charge in [-0.3, -0.25) is 9.59 Å². The van der Waals surface area contributed by atoms with Crippen LogP contribution in [-0.2, 0) is 16.0 Å². The number of nitrogens with zero attached hydrogens (tertiary/aromatic N) is 1. The van der Waals surface area contributed by atoms with Crippen LogP contribution < -0.4 is 15.0 Å². The van der Waals surface area contributed by atoms with Gasteiger partial charge in [0.1, 0.15) is 11.4 Å². The number of hydrogen-bond acceptors (Lipinski definition) is 4. The van der Waals surface area contributed by atoms with E-state index in [-0.39, 0.29) is 17.5 Å². The average molecular weight is 427 g/mol. The van der Waals surface area contributed by atoms with Crippen molar-refractivity contribution in [1.29, 1.82) is 0 Å². The van der Waals surface area contributed by atoms with Crippen molar-refractivity contribution in [3.05, 3.63) is 94.7 Å². The molecule has 32 heavy (non-hydrogen) atoms. The van der Waals surface area contributed by atoms with E-state index in [0.29, 0.717) is 17.0 Å². The largest absolute Gasteiger partial charge is 0.497 e. The topological polar surface area (TPSA) is 58.6 Å². The molecule has 1 aliphatic heterocycles. The minimum Gasteiger partial charge on any atom is -0.497 e. The van der Waals surface area contributed by atoms with Crippen LogP contribution in [0.5, 0.6) is 5.75 Å². The molecule has 1 N–H and O–H groups in total. The first-order valence-electron chi connectivity index (χ1n) is 10.6. The van der Waals surface area contributed by atoms with E-state index < -0.39 is 0 Å². The van der Waals surface area contributed by atoms with Crippen molar-refractivity contribution < 1.29 is 14.3 Å². The third kappa shape index (κ3) is 3.89. The Morgan fingerprint density at radius 3 is 2.12 bits per heavy atom. The fourth-order valence-electron chi connectivity index (χ4n) is 3.74. The van der Waals surface area contributed by atoms with Crippen molar-refractivity contribution in [3.8, 4) is 5.75 Å². The van der Waals surface area contributed by atoms with Gasteiger partial charge < -0.3 is 10.1 Å². The van der Waals surface area contributed by atoms with Gasteiger partial charge in [-0.05, 0) is 78.9 Å². The second kappa shape index (κ2) is 8.71. The molecule has 0 saturated heterocycles. The molecule has 0 bridgehead atoms. The summed E-state index contributed by atoms with van der Waals surface area (Å²) in [5.74, 6) is -0.0754. The molecule has 1 aliphatic rings. The molecular formula is C27H26N2O3. The maximum absolute atomic E-state index is 13.5. The first-order chi connectivity index (χ1) is 15.4. The first-order valence-corrected chi connectivity index (χ1v) is 10.6. The average Bonchev–Trinajstić information content (AvgIpc) is 3.05. The maximum atomic E-state index is 13.5. The first kappa shape index (κ1) is 21.4. The summed E-state index contributed by atoms with van der Waals surface area (Å²) in [5, 5.41) is 3.22. The van der Waals surface area contributed by atoms with Gasteiger partial charge in [-0.25, -0.2) is 4.90 Å². The summed E-state index contributed by atoms with van der Waals surface area (Å²) >= 11 is 0. The Kier molecular flexibility index (Phi) is 5.82. The summed E-state index contributed by atoms with van der Waals surface area (Å²) < 4.78 is 5.21. The molecule has 5 heteroatoms. The number of ether oxygens (including phenoxy) is 1. The lowest BCUT2D eigenvalue weighted by Gasteiger charge is -2.16. The molecule has 1 heterocycles. The number of carbonyl (C=O) groups excluding carboxylic acids is 2. The van der Waals surface area contributed by atoms with Crippen LogP contribution in [0.2, 0.25) is 0 Å². The lowest BCUT2D eigenvalue weighted by molar-refractivity contribution is -0.120. The van der Waals surface area contributed by atoms with E-state index in [2.05, 4.69) is 12.2 Å². The summed E-state index contributed by atoms with van der Waals surface area (Å²) in [7, 11) is 1.58. The van der Waals surface area contributed by atoms with Gasteiger partial charge >= 0.3 is 0 Å². The molecule has 0 atom stereocenters. The van der Waals surface area contributed by atoms with Crippen molar-refractivity contribution in [3.63, 3.8) is 0 Å². The number of hydrogen-bond donors (Lipinski definition) is 1. The van der Waals surface area contributed by atoms with Crippen molar-refractivity contribution in [2.75, 3.05) is 17.3 Å². The van der Waals surface area contributed by atoms with Crippen LogP contribution in [0.25, 0.3) is 5.57 Å². The Morgan fingerprint density at radius 2 is 1.53 bits per heavy atom. The second-order valence-corrected chi connectivity index (χ2v) is 7.87. The number of amides is 2. The highest BCUT2D eigenvalue weighted by atomic mass is 16.5. The third-order valence-electron chi connectivity index (χ3n) is 5.84. The number of carbonyl (C=O) groups is 2. The van der Waals surface area contributed by atoms with Crippen molar-refractivity contribution in [2.45, 2.75) is 27.2 Å². The third-order valence-corrected chi connectivity index (χ3v) is 5.84. The van der Waals surface area contributed by atoms with Crippen LogP contribution in [0.4, 0.5) is 11.4 Å². The summed E-state index contributed by atoms with van der Waals surface area (Å²) in [4.78, 5) is 28.2. The van der Waals surface area contributed by atoms with Crippen LogP contribution in [0.15, 0.2) is 72.4 Å². The highest BCUT2D eigenvalue weighted by molar-refractivity contribution is 6.46. The summed E-state index contributed by atoms with van der Waals surface area (Å²) in [5.41, 5.74) is 6.01. The Balaban J connectivity index is 1.79. The molecule has 0 saturated carbocycles. The van der Waals surface area contributed by atoms with Gasteiger partial charge in [-0.15, -0.1) is 0 Å². The van der Waals surface area contributed by atoms with Crippen LogP contribution in [0, 0.1) is 13.8 Å². The van der Waals surface area contributed by atoms with Gasteiger partial charge in [-0.1, -0.05) is 37.3 Å². The van der Waals surface area contributed by atoms with E-state index in [1.54, 1.807) is 31.4 Å². The Morgan fingerprint density at radius 1 is 0.844 bits per heavy atom. The van der Waals surface area contributed by atoms with E-state index in [0.717, 1.165) is 28.8 Å². The van der Waals surface area contributed by atoms with Crippen LogP contribution in [-0.4, -0.2) is 18.9 Å². The maximum Gasteiger partial charge on any atom is 0.282 e. The highest BCUT2D eigenvalue weighted by Gasteiger charge is 2.40. The molecule has 0 unspecified atom stereocenters. The molecule has 4 rings (SSSR count). The predicted octanol–water partition coefficient (Wildman–Crippen LogP) is 5.27. The Hall–Kier alpha value is -3.86. The zero-order valence-electron chi connectivity index (χ0n) is 18.7. The van der Waals surface area contributed by atoms with E-state index in [1.807, 2.05) is 56.3 Å². The van der Waals surface area contributed by atoms with Crippen molar-refractivity contribution >= 4 is 28.8 Å². The summed E-state index contributed by atoms with van der Waals surface area (Å²) in [6, 6.07) is 20.6. The number of anilines is 2. The minimum absolute atomic E-state index is 0.276. The van der Waals surface area contributed by atoms with E-state index in [9.17, 15) is 9.59 Å². The van der Waals surface area contributed by atoms with Gasteiger partial charge in [0.2, 0.25) is 0 Å². The normalized spacial score (nSPS) is 13.7. The highest BCUT2D eigenvalue weighted by Crippen LogP contribution is 2.35. The number of rotatable bonds is 6. The van der Waals surface area contributed by atoms with Crippen LogP contribution >= 0.6 is 0 Å². The van der Waals surface area contributed by atoms with E-state index in [4.69, 9.17) is 4.74 Å². The number of imide groups is 1. The predicted molar refractivity (Wildman–Crippen MR) is 128 cm³/mol. The lowest BCUT2D eigenvalue weighted by atomic mass is 9.99. The molecule has 3 aromatic carbocycles. The zero-order valence-corrected chi connectivity index (χ0v) is 18.7. The van der Waals surface area contributed by atoms with Crippen LogP contribution in [0.1, 0.15) is 29.2 Å². The quantitative estimate of drug-likeness (QED) is 0.546. The molecule has 162 valence electrons. The fraction of sp³-hybridized carbons (Fsp3) is 0.185. The summed E-state index contributed by atoms with van der Waals surface area (Å²) in [6.07, 6.45) is 0.930. The second-order valence-electron chi connectivity index (χ2n) is 7.87. The van der Waals surface area contributed by atoms with Crippen molar-refractivity contribution in [1.82, 2.24) is 0 Å². The number of aryl methyl sites for hydroxylation is 3. The smallest absolute Gasteiger partial charge is 0.282 e. The molecule has 0 fully saturated rings. The SMILES string of the molecule is CCc1ccc(NC2=C(c3ccc(C)c(C)c3)C(=O)N(c3ccc(OC)cc3)C2=O)cc1.